The van der Waals surface area contributed by atoms with Gasteiger partial charge >= 0.3 is 0 Å². The van der Waals surface area contributed by atoms with E-state index in [1.165, 1.54) is 6.42 Å². The molecule has 3 aliphatic rings. The number of fused-ring (bicyclic) bond motifs is 5. The smallest absolute Gasteiger partial charge is 0.0128 e. The number of hydrogen-bond acceptors (Lipinski definition) is 0. The van der Waals surface area contributed by atoms with Gasteiger partial charge in [-0.05, 0) is 42.9 Å². The summed E-state index contributed by atoms with van der Waals surface area (Å²) in [7, 11) is 0. The molecule has 1 saturated carbocycles. The molecule has 0 aromatic carbocycles. The van der Waals surface area contributed by atoms with E-state index in [4.69, 9.17) is 0 Å². The van der Waals surface area contributed by atoms with Crippen LogP contribution in [0.3, 0.4) is 0 Å². The van der Waals surface area contributed by atoms with Gasteiger partial charge in [0.1, 0.15) is 0 Å². The molecule has 3 aliphatic carbocycles. The van der Waals surface area contributed by atoms with Gasteiger partial charge in [-0.2, -0.15) is 0 Å². The molecule has 0 saturated heterocycles. The maximum absolute atomic E-state index is 2.55. The number of hydrogen-bond donors (Lipinski definition) is 0. The van der Waals surface area contributed by atoms with Gasteiger partial charge in [0.05, 0.1) is 0 Å². The highest BCUT2D eigenvalue weighted by Crippen LogP contribution is 2.56. The van der Waals surface area contributed by atoms with E-state index in [9.17, 15) is 0 Å². The van der Waals surface area contributed by atoms with E-state index >= 15 is 0 Å². The molecular weight excluding hydrogens is 144 g/mol. The van der Waals surface area contributed by atoms with Crippen LogP contribution in [0, 0.1) is 29.6 Å². The van der Waals surface area contributed by atoms with Crippen molar-refractivity contribution in [1.29, 1.82) is 0 Å². The third kappa shape index (κ3) is 0.646. The first-order valence-corrected chi connectivity index (χ1v) is 5.14. The normalized spacial score (nSPS) is 54.5. The van der Waals surface area contributed by atoms with Crippen molar-refractivity contribution in [2.24, 2.45) is 29.6 Å². The highest BCUT2D eigenvalue weighted by atomic mass is 14.5. The average Bonchev–Trinajstić information content (AvgIpc) is 2.66. The van der Waals surface area contributed by atoms with Gasteiger partial charge in [-0.15, -0.1) is 0 Å². The Morgan fingerprint density at radius 3 is 2.75 bits per heavy atom. The summed E-state index contributed by atoms with van der Waals surface area (Å²) in [4.78, 5) is 0. The molecule has 0 amide bonds. The van der Waals surface area contributed by atoms with Crippen LogP contribution in [0.5, 0.6) is 0 Å². The summed E-state index contributed by atoms with van der Waals surface area (Å²) in [6.07, 6.45) is 8.91. The van der Waals surface area contributed by atoms with Crippen LogP contribution in [0.15, 0.2) is 23.8 Å². The van der Waals surface area contributed by atoms with E-state index in [1.54, 1.807) is 5.57 Å². The Kier molecular flexibility index (Phi) is 1.18. The molecule has 0 aromatic rings. The third-order valence-corrected chi connectivity index (χ3v) is 4.33. The molecule has 0 aliphatic heterocycles. The van der Waals surface area contributed by atoms with Crippen LogP contribution in [-0.4, -0.2) is 0 Å². The van der Waals surface area contributed by atoms with Gasteiger partial charge in [0.2, 0.25) is 0 Å². The largest absolute Gasteiger partial charge is 0.0848 e. The maximum Gasteiger partial charge on any atom is -0.0128 e. The Balaban J connectivity index is 2.01. The molecule has 0 unspecified atom stereocenters. The van der Waals surface area contributed by atoms with Crippen LogP contribution < -0.4 is 0 Å². The van der Waals surface area contributed by atoms with E-state index in [0.29, 0.717) is 0 Å². The lowest BCUT2D eigenvalue weighted by molar-refractivity contribution is 0.320. The van der Waals surface area contributed by atoms with E-state index in [-0.39, 0.29) is 0 Å². The summed E-state index contributed by atoms with van der Waals surface area (Å²) in [5.74, 6) is 4.56. The Bertz CT molecular complexity index is 272. The Labute approximate surface area is 74.4 Å². The highest BCUT2D eigenvalue weighted by Gasteiger charge is 2.48. The molecule has 64 valence electrons. The fraction of sp³-hybridized carbons (Fsp3) is 0.667. The van der Waals surface area contributed by atoms with Crippen molar-refractivity contribution in [3.8, 4) is 0 Å². The quantitative estimate of drug-likeness (QED) is 0.478. The summed E-state index contributed by atoms with van der Waals surface area (Å²) in [5, 5.41) is 0. The van der Waals surface area contributed by atoms with Gasteiger partial charge in [-0.1, -0.05) is 30.7 Å². The zero-order chi connectivity index (χ0) is 8.29. The topological polar surface area (TPSA) is 0 Å². The zero-order valence-corrected chi connectivity index (χ0v) is 7.83. The van der Waals surface area contributed by atoms with Gasteiger partial charge in [-0.3, -0.25) is 0 Å². The zero-order valence-electron chi connectivity index (χ0n) is 7.83. The summed E-state index contributed by atoms with van der Waals surface area (Å²) in [5.41, 5.74) is 1.64. The van der Waals surface area contributed by atoms with Crippen LogP contribution in [0.2, 0.25) is 0 Å². The second kappa shape index (κ2) is 2.04. The van der Waals surface area contributed by atoms with E-state index < -0.39 is 0 Å². The van der Waals surface area contributed by atoms with Crippen LogP contribution in [0.4, 0.5) is 0 Å². The fourth-order valence-corrected chi connectivity index (χ4v) is 3.60. The van der Waals surface area contributed by atoms with Crippen LogP contribution in [-0.2, 0) is 0 Å². The van der Waals surface area contributed by atoms with Gasteiger partial charge in [0.15, 0.2) is 0 Å². The van der Waals surface area contributed by atoms with Gasteiger partial charge in [0.25, 0.3) is 0 Å². The molecule has 0 spiro atoms. The number of rotatable bonds is 0. The van der Waals surface area contributed by atoms with Crippen molar-refractivity contribution in [2.45, 2.75) is 20.3 Å². The predicted octanol–water partition coefficient (Wildman–Crippen LogP) is 3.02. The SMILES string of the molecule is CC1=C[C@H]2[C@H]([C@@H]1C)[C@H]1C=C[C@H]2C1. The molecule has 0 nitrogen and oxygen atoms in total. The molecule has 0 N–H and O–H groups in total. The van der Waals surface area contributed by atoms with Crippen LogP contribution >= 0.6 is 0 Å². The Hall–Kier alpha value is -0.520. The molecular formula is C12H16. The first-order chi connectivity index (χ1) is 5.77. The van der Waals surface area contributed by atoms with Crippen LogP contribution in [0.1, 0.15) is 20.3 Å². The maximum atomic E-state index is 2.55. The first-order valence-electron chi connectivity index (χ1n) is 5.14. The van der Waals surface area contributed by atoms with Gasteiger partial charge in [0, 0.05) is 0 Å². The summed E-state index contributed by atoms with van der Waals surface area (Å²) in [6.45, 7) is 4.72. The lowest BCUT2D eigenvalue weighted by Crippen LogP contribution is -2.19. The third-order valence-electron chi connectivity index (χ3n) is 4.33. The van der Waals surface area contributed by atoms with Crippen LogP contribution in [0.25, 0.3) is 0 Å². The van der Waals surface area contributed by atoms with Gasteiger partial charge < -0.3 is 0 Å². The summed E-state index contributed by atoms with van der Waals surface area (Å²) < 4.78 is 0. The highest BCUT2D eigenvalue weighted by molar-refractivity contribution is 5.27. The molecule has 1 fully saturated rings. The Morgan fingerprint density at radius 2 is 2.00 bits per heavy atom. The predicted molar refractivity (Wildman–Crippen MR) is 50.6 cm³/mol. The van der Waals surface area contributed by atoms with Crippen molar-refractivity contribution < 1.29 is 0 Å². The molecule has 5 atom stereocenters. The fourth-order valence-electron chi connectivity index (χ4n) is 3.60. The molecule has 2 bridgehead atoms. The minimum atomic E-state index is 0.856. The molecule has 3 rings (SSSR count). The van der Waals surface area contributed by atoms with Crippen molar-refractivity contribution in [3.63, 3.8) is 0 Å². The van der Waals surface area contributed by atoms with Crippen molar-refractivity contribution in [3.05, 3.63) is 23.8 Å². The summed E-state index contributed by atoms with van der Waals surface area (Å²) >= 11 is 0. The van der Waals surface area contributed by atoms with E-state index in [0.717, 1.165) is 29.6 Å². The second-order valence-electron chi connectivity index (χ2n) is 4.80. The average molecular weight is 160 g/mol. The Morgan fingerprint density at radius 1 is 1.25 bits per heavy atom. The number of allylic oxidation sites excluding steroid dienone is 4. The van der Waals surface area contributed by atoms with Crippen molar-refractivity contribution >= 4 is 0 Å². The van der Waals surface area contributed by atoms with Gasteiger partial charge in [-0.25, -0.2) is 0 Å². The molecule has 0 radical (unpaired) electrons. The second-order valence-corrected chi connectivity index (χ2v) is 4.80. The van der Waals surface area contributed by atoms with E-state index in [2.05, 4.69) is 32.1 Å². The van der Waals surface area contributed by atoms with Crippen molar-refractivity contribution in [1.82, 2.24) is 0 Å². The molecule has 0 heteroatoms. The van der Waals surface area contributed by atoms with E-state index in [1.807, 2.05) is 0 Å². The monoisotopic (exact) mass is 160 g/mol. The minimum Gasteiger partial charge on any atom is -0.0848 e. The molecule has 12 heavy (non-hydrogen) atoms. The first kappa shape index (κ1) is 6.94. The standard InChI is InChI=1S/C12H16/c1-7-5-11-9-3-4-10(6-9)12(11)8(7)2/h3-5,8-12H,6H2,1-2H3/t8-,9+,10+,11-,12-/m1/s1. The lowest BCUT2D eigenvalue weighted by Gasteiger charge is -2.24. The molecule has 0 aromatic heterocycles. The summed E-state index contributed by atoms with van der Waals surface area (Å²) in [6, 6.07) is 0. The minimum absolute atomic E-state index is 0.856. The molecule has 0 heterocycles. The van der Waals surface area contributed by atoms with Crippen molar-refractivity contribution in [2.75, 3.05) is 0 Å². The lowest BCUT2D eigenvalue weighted by atomic mass is 9.80.